The lowest BCUT2D eigenvalue weighted by atomic mass is 9.98. The molecule has 0 aliphatic heterocycles. The van der Waals surface area contributed by atoms with Crippen molar-refractivity contribution in [1.29, 1.82) is 0 Å². The maximum Gasteiger partial charge on any atom is 0.0731 e. The van der Waals surface area contributed by atoms with Crippen LogP contribution < -0.4 is 0 Å². The normalized spacial score (nSPS) is 9.54. The van der Waals surface area contributed by atoms with E-state index < -0.39 is 0 Å². The van der Waals surface area contributed by atoms with Gasteiger partial charge in [0.25, 0.3) is 0 Å². The Hall–Kier alpha value is -2.67. The molecule has 0 N–H and O–H groups in total. The number of hydrogen-bond acceptors (Lipinski definition) is 1. The molecule has 2 aromatic carbocycles. The van der Waals surface area contributed by atoms with Gasteiger partial charge in [-0.25, -0.2) is 0 Å². The Balaban J connectivity index is 0.000000301. The molecular weight excluding hydrogens is 338 g/mol. The first-order chi connectivity index (χ1) is 13.4. The summed E-state index contributed by atoms with van der Waals surface area (Å²) in [6.07, 6.45) is 2.98. The van der Waals surface area contributed by atoms with E-state index in [1.165, 1.54) is 33.4 Å². The van der Waals surface area contributed by atoms with Gasteiger partial charge in [0.2, 0.25) is 0 Å². The van der Waals surface area contributed by atoms with Gasteiger partial charge in [-0.3, -0.25) is 4.98 Å². The molecule has 0 bridgehead atoms. The van der Waals surface area contributed by atoms with Crippen molar-refractivity contribution >= 4 is 5.57 Å². The molecular formula is C27H35N. The smallest absolute Gasteiger partial charge is 0.0731 e. The predicted molar refractivity (Wildman–Crippen MR) is 126 cm³/mol. The summed E-state index contributed by atoms with van der Waals surface area (Å²) in [6.45, 7) is 18.6. The summed E-state index contributed by atoms with van der Waals surface area (Å²) in [5.74, 6) is 0. The lowest BCUT2D eigenvalue weighted by Crippen LogP contribution is -1.90. The number of aromatic nitrogens is 1. The predicted octanol–water partition coefficient (Wildman–Crippen LogP) is 7.98. The van der Waals surface area contributed by atoms with Crippen molar-refractivity contribution in [3.63, 3.8) is 0 Å². The topological polar surface area (TPSA) is 12.9 Å². The van der Waals surface area contributed by atoms with E-state index >= 15 is 0 Å². The molecule has 0 amide bonds. The van der Waals surface area contributed by atoms with Crippen LogP contribution in [0.15, 0.2) is 67.4 Å². The molecule has 0 aliphatic rings. The summed E-state index contributed by atoms with van der Waals surface area (Å²) in [4.78, 5) is 4.44. The number of rotatable bonds is 3. The molecule has 1 aromatic heterocycles. The molecule has 3 aromatic rings. The highest BCUT2D eigenvalue weighted by atomic mass is 14.7. The number of hydrogen-bond donors (Lipinski definition) is 0. The second-order valence-corrected chi connectivity index (χ2v) is 6.76. The van der Waals surface area contributed by atoms with Crippen LogP contribution in [0.3, 0.4) is 0 Å². The van der Waals surface area contributed by atoms with Crippen LogP contribution in [0.25, 0.3) is 16.8 Å². The van der Waals surface area contributed by atoms with Gasteiger partial charge in [-0.1, -0.05) is 75.4 Å². The molecule has 28 heavy (non-hydrogen) atoms. The zero-order valence-corrected chi connectivity index (χ0v) is 18.6. The van der Waals surface area contributed by atoms with Crippen LogP contribution in [0, 0.1) is 20.8 Å². The molecule has 0 saturated heterocycles. The SMILES string of the molecule is C=C(C)c1ccc(-c2ncccc2C)cc1C.CC.CCc1ccccc1C. The summed E-state index contributed by atoms with van der Waals surface area (Å²) in [5, 5.41) is 0. The number of pyridine rings is 1. The van der Waals surface area contributed by atoms with Gasteiger partial charge in [-0.05, 0) is 74.1 Å². The van der Waals surface area contributed by atoms with Gasteiger partial charge in [-0.15, -0.1) is 0 Å². The Labute approximate surface area is 172 Å². The Morgan fingerprint density at radius 3 is 2.00 bits per heavy atom. The second kappa shape index (κ2) is 11.9. The number of aryl methyl sites for hydroxylation is 4. The van der Waals surface area contributed by atoms with Gasteiger partial charge in [-0.2, -0.15) is 0 Å². The standard InChI is InChI=1S/C16H17N.C9H12.C2H6/c1-11(2)15-8-7-14(10-13(15)4)16-12(3)6-5-9-17-16;1-3-9-7-5-4-6-8(9)2;1-2/h5-10H,1H2,2-4H3;4-7H,3H2,1-2H3;1-2H3. The van der Waals surface area contributed by atoms with Crippen LogP contribution in [0.4, 0.5) is 0 Å². The zero-order chi connectivity index (χ0) is 21.1. The van der Waals surface area contributed by atoms with E-state index in [0.717, 1.165) is 17.7 Å². The van der Waals surface area contributed by atoms with Crippen molar-refractivity contribution in [3.8, 4) is 11.3 Å². The third-order valence-electron chi connectivity index (χ3n) is 4.61. The van der Waals surface area contributed by atoms with E-state index in [1.807, 2.05) is 33.0 Å². The molecule has 148 valence electrons. The third-order valence-corrected chi connectivity index (χ3v) is 4.61. The fraction of sp³-hybridized carbons (Fsp3) is 0.296. The fourth-order valence-electron chi connectivity index (χ4n) is 3.08. The van der Waals surface area contributed by atoms with Gasteiger partial charge in [0.1, 0.15) is 0 Å². The first-order valence-electron chi connectivity index (χ1n) is 10.2. The van der Waals surface area contributed by atoms with Gasteiger partial charge in [0.05, 0.1) is 5.69 Å². The van der Waals surface area contributed by atoms with Crippen LogP contribution in [0.2, 0.25) is 0 Å². The number of allylic oxidation sites excluding steroid dienone is 1. The third kappa shape index (κ3) is 6.49. The van der Waals surface area contributed by atoms with Crippen LogP contribution in [-0.4, -0.2) is 4.98 Å². The molecule has 0 radical (unpaired) electrons. The number of benzene rings is 2. The highest BCUT2D eigenvalue weighted by Crippen LogP contribution is 2.25. The molecule has 1 nitrogen and oxygen atoms in total. The molecule has 0 fully saturated rings. The first-order valence-corrected chi connectivity index (χ1v) is 10.2. The average Bonchev–Trinajstić information content (AvgIpc) is 2.70. The summed E-state index contributed by atoms with van der Waals surface area (Å²) in [7, 11) is 0. The fourth-order valence-corrected chi connectivity index (χ4v) is 3.08. The minimum atomic E-state index is 1.06. The van der Waals surface area contributed by atoms with Gasteiger partial charge < -0.3 is 0 Å². The van der Waals surface area contributed by atoms with Crippen molar-refractivity contribution in [2.24, 2.45) is 0 Å². The van der Waals surface area contributed by atoms with E-state index in [0.29, 0.717) is 0 Å². The van der Waals surface area contributed by atoms with Crippen molar-refractivity contribution < 1.29 is 0 Å². The molecule has 0 aliphatic carbocycles. The Kier molecular flexibility index (Phi) is 9.95. The summed E-state index contributed by atoms with van der Waals surface area (Å²) in [6, 6.07) is 19.0. The molecule has 0 saturated carbocycles. The van der Waals surface area contributed by atoms with Crippen molar-refractivity contribution in [2.45, 2.75) is 54.9 Å². The Bertz CT molecular complexity index is 890. The van der Waals surface area contributed by atoms with Gasteiger partial charge in [0, 0.05) is 11.8 Å². The zero-order valence-electron chi connectivity index (χ0n) is 18.6. The Morgan fingerprint density at radius 2 is 1.50 bits per heavy atom. The van der Waals surface area contributed by atoms with Crippen LogP contribution >= 0.6 is 0 Å². The Morgan fingerprint density at radius 1 is 0.857 bits per heavy atom. The van der Waals surface area contributed by atoms with E-state index in [2.05, 4.69) is 87.8 Å². The molecule has 0 unspecified atom stereocenters. The highest BCUT2D eigenvalue weighted by molar-refractivity contribution is 5.70. The van der Waals surface area contributed by atoms with Crippen molar-refractivity contribution in [2.75, 3.05) is 0 Å². The molecule has 0 spiro atoms. The highest BCUT2D eigenvalue weighted by Gasteiger charge is 2.05. The monoisotopic (exact) mass is 373 g/mol. The van der Waals surface area contributed by atoms with Crippen molar-refractivity contribution in [3.05, 3.63) is 95.2 Å². The van der Waals surface area contributed by atoms with Crippen LogP contribution in [0.1, 0.15) is 55.5 Å². The largest absolute Gasteiger partial charge is 0.256 e. The molecule has 1 heterocycles. The lowest BCUT2D eigenvalue weighted by molar-refractivity contribution is 1.11. The quantitative estimate of drug-likeness (QED) is 0.453. The summed E-state index contributed by atoms with van der Waals surface area (Å²) in [5.41, 5.74) is 9.87. The minimum Gasteiger partial charge on any atom is -0.256 e. The van der Waals surface area contributed by atoms with Crippen molar-refractivity contribution in [1.82, 2.24) is 4.98 Å². The summed E-state index contributed by atoms with van der Waals surface area (Å²) < 4.78 is 0. The summed E-state index contributed by atoms with van der Waals surface area (Å²) >= 11 is 0. The van der Waals surface area contributed by atoms with E-state index in [1.54, 1.807) is 0 Å². The van der Waals surface area contributed by atoms with E-state index in [-0.39, 0.29) is 0 Å². The van der Waals surface area contributed by atoms with Crippen LogP contribution in [-0.2, 0) is 6.42 Å². The lowest BCUT2D eigenvalue weighted by Gasteiger charge is -2.09. The first kappa shape index (κ1) is 23.4. The molecule has 0 atom stereocenters. The maximum absolute atomic E-state index is 4.44. The second-order valence-electron chi connectivity index (χ2n) is 6.76. The maximum atomic E-state index is 4.44. The average molecular weight is 374 g/mol. The minimum absolute atomic E-state index is 1.06. The van der Waals surface area contributed by atoms with Gasteiger partial charge in [0.15, 0.2) is 0 Å². The van der Waals surface area contributed by atoms with E-state index in [9.17, 15) is 0 Å². The molecule has 3 rings (SSSR count). The van der Waals surface area contributed by atoms with Crippen LogP contribution in [0.5, 0.6) is 0 Å². The van der Waals surface area contributed by atoms with E-state index in [4.69, 9.17) is 0 Å². The number of nitrogens with zero attached hydrogens (tertiary/aromatic N) is 1. The molecule has 1 heteroatoms. The van der Waals surface area contributed by atoms with Gasteiger partial charge >= 0.3 is 0 Å².